The molecule has 0 spiro atoms. The summed E-state index contributed by atoms with van der Waals surface area (Å²) in [6, 6.07) is 7.54. The van der Waals surface area contributed by atoms with Gasteiger partial charge in [0.25, 0.3) is 0 Å². The SMILES string of the molecule is COc1cccc(/C=C/C(=O)Nc2nnc(C3CCCCC3)s2)c1. The molecule has 0 radical (unpaired) electrons. The van der Waals surface area contributed by atoms with Gasteiger partial charge in [-0.05, 0) is 36.6 Å². The summed E-state index contributed by atoms with van der Waals surface area (Å²) in [6.07, 6.45) is 9.44. The molecule has 2 aromatic rings. The van der Waals surface area contributed by atoms with E-state index in [1.165, 1.54) is 49.5 Å². The van der Waals surface area contributed by atoms with Crippen molar-refractivity contribution in [2.24, 2.45) is 0 Å². The molecule has 0 saturated heterocycles. The summed E-state index contributed by atoms with van der Waals surface area (Å²) in [4.78, 5) is 12.0. The van der Waals surface area contributed by atoms with Crippen LogP contribution in [0.3, 0.4) is 0 Å². The number of methoxy groups -OCH3 is 1. The molecule has 1 saturated carbocycles. The Hall–Kier alpha value is -2.21. The van der Waals surface area contributed by atoms with Crippen molar-refractivity contribution >= 4 is 28.5 Å². The first-order valence-corrected chi connectivity index (χ1v) is 9.03. The molecule has 6 heteroatoms. The van der Waals surface area contributed by atoms with Gasteiger partial charge in [0.05, 0.1) is 7.11 Å². The highest BCUT2D eigenvalue weighted by molar-refractivity contribution is 7.15. The summed E-state index contributed by atoms with van der Waals surface area (Å²) >= 11 is 1.49. The number of amides is 1. The summed E-state index contributed by atoms with van der Waals surface area (Å²) in [5.41, 5.74) is 0.907. The molecule has 1 aromatic carbocycles. The van der Waals surface area contributed by atoms with E-state index in [0.29, 0.717) is 11.0 Å². The topological polar surface area (TPSA) is 64.1 Å². The highest BCUT2D eigenvalue weighted by Crippen LogP contribution is 2.35. The minimum atomic E-state index is -0.204. The number of carbonyl (C=O) groups excluding carboxylic acids is 1. The van der Waals surface area contributed by atoms with Gasteiger partial charge in [0.15, 0.2) is 0 Å². The van der Waals surface area contributed by atoms with E-state index in [1.807, 2.05) is 24.3 Å². The number of nitrogens with zero attached hydrogens (tertiary/aromatic N) is 2. The fourth-order valence-corrected chi connectivity index (χ4v) is 3.78. The number of hydrogen-bond donors (Lipinski definition) is 1. The highest BCUT2D eigenvalue weighted by Gasteiger charge is 2.19. The fourth-order valence-electron chi connectivity index (χ4n) is 2.86. The molecule has 1 N–H and O–H groups in total. The maximum absolute atomic E-state index is 12.0. The molecule has 1 heterocycles. The van der Waals surface area contributed by atoms with Crippen molar-refractivity contribution in [3.05, 3.63) is 40.9 Å². The number of benzene rings is 1. The van der Waals surface area contributed by atoms with Crippen molar-refractivity contribution in [1.82, 2.24) is 10.2 Å². The third-order valence-corrected chi connectivity index (χ3v) is 5.15. The van der Waals surface area contributed by atoms with E-state index in [1.54, 1.807) is 13.2 Å². The lowest BCUT2D eigenvalue weighted by atomic mass is 9.90. The molecule has 3 rings (SSSR count). The minimum Gasteiger partial charge on any atom is -0.497 e. The molecule has 0 aliphatic heterocycles. The molecule has 1 aliphatic carbocycles. The lowest BCUT2D eigenvalue weighted by molar-refractivity contribution is -0.111. The molecule has 24 heavy (non-hydrogen) atoms. The lowest BCUT2D eigenvalue weighted by Crippen LogP contribution is -2.07. The van der Waals surface area contributed by atoms with E-state index >= 15 is 0 Å². The smallest absolute Gasteiger partial charge is 0.250 e. The predicted molar refractivity (Wildman–Crippen MR) is 96.4 cm³/mol. The molecule has 1 fully saturated rings. The first-order chi connectivity index (χ1) is 11.7. The van der Waals surface area contributed by atoms with Crippen LogP contribution in [-0.4, -0.2) is 23.2 Å². The Morgan fingerprint density at radius 3 is 2.92 bits per heavy atom. The van der Waals surface area contributed by atoms with Gasteiger partial charge in [-0.15, -0.1) is 10.2 Å². The second kappa shape index (κ2) is 8.06. The van der Waals surface area contributed by atoms with Crippen molar-refractivity contribution in [3.63, 3.8) is 0 Å². The first kappa shape index (κ1) is 16.6. The van der Waals surface area contributed by atoms with Gasteiger partial charge in [-0.25, -0.2) is 0 Å². The van der Waals surface area contributed by atoms with Gasteiger partial charge in [0, 0.05) is 12.0 Å². The van der Waals surface area contributed by atoms with Gasteiger partial charge in [-0.3, -0.25) is 10.1 Å². The number of anilines is 1. The van der Waals surface area contributed by atoms with E-state index in [-0.39, 0.29) is 5.91 Å². The van der Waals surface area contributed by atoms with Crippen molar-refractivity contribution in [2.75, 3.05) is 12.4 Å². The van der Waals surface area contributed by atoms with Crippen LogP contribution < -0.4 is 10.1 Å². The molecule has 0 bridgehead atoms. The van der Waals surface area contributed by atoms with Gasteiger partial charge in [-0.2, -0.15) is 0 Å². The summed E-state index contributed by atoms with van der Waals surface area (Å²) in [5.74, 6) is 1.07. The van der Waals surface area contributed by atoms with Gasteiger partial charge < -0.3 is 4.74 Å². The highest BCUT2D eigenvalue weighted by atomic mass is 32.1. The molecule has 5 nitrogen and oxygen atoms in total. The van der Waals surface area contributed by atoms with Crippen LogP contribution >= 0.6 is 11.3 Å². The van der Waals surface area contributed by atoms with E-state index in [0.717, 1.165) is 16.3 Å². The maximum Gasteiger partial charge on any atom is 0.250 e. The van der Waals surface area contributed by atoms with Crippen LogP contribution in [-0.2, 0) is 4.79 Å². The Bertz CT molecular complexity index is 721. The van der Waals surface area contributed by atoms with Crippen LogP contribution in [0.4, 0.5) is 5.13 Å². The lowest BCUT2D eigenvalue weighted by Gasteiger charge is -2.18. The Labute approximate surface area is 145 Å². The molecule has 1 amide bonds. The van der Waals surface area contributed by atoms with Crippen molar-refractivity contribution in [2.45, 2.75) is 38.0 Å². The number of hydrogen-bond acceptors (Lipinski definition) is 5. The zero-order valence-corrected chi connectivity index (χ0v) is 14.5. The molecular weight excluding hydrogens is 322 g/mol. The monoisotopic (exact) mass is 343 g/mol. The largest absolute Gasteiger partial charge is 0.497 e. The normalized spacial score (nSPS) is 15.5. The summed E-state index contributed by atoms with van der Waals surface area (Å²) in [6.45, 7) is 0. The Kier molecular flexibility index (Phi) is 5.59. The number of nitrogens with one attached hydrogen (secondary N) is 1. The Morgan fingerprint density at radius 1 is 1.29 bits per heavy atom. The quantitative estimate of drug-likeness (QED) is 0.825. The van der Waals surface area contributed by atoms with Crippen LogP contribution in [0, 0.1) is 0 Å². The molecule has 126 valence electrons. The van der Waals surface area contributed by atoms with Gasteiger partial charge in [0.1, 0.15) is 10.8 Å². The summed E-state index contributed by atoms with van der Waals surface area (Å²) in [5, 5.41) is 12.7. The number of rotatable bonds is 5. The second-order valence-electron chi connectivity index (χ2n) is 5.88. The molecule has 1 aliphatic rings. The third-order valence-electron chi connectivity index (χ3n) is 4.15. The Morgan fingerprint density at radius 2 is 2.12 bits per heavy atom. The standard InChI is InChI=1S/C18H21N3O2S/c1-23-15-9-5-6-13(12-15)10-11-16(22)19-18-21-20-17(24-18)14-7-3-2-4-8-14/h5-6,9-12,14H,2-4,7-8H2,1H3,(H,19,21,22)/b11-10+. The van der Waals surface area contributed by atoms with Crippen LogP contribution in [0.2, 0.25) is 0 Å². The zero-order valence-electron chi connectivity index (χ0n) is 13.7. The van der Waals surface area contributed by atoms with E-state index in [9.17, 15) is 4.79 Å². The predicted octanol–water partition coefficient (Wildman–Crippen LogP) is 4.25. The number of ether oxygens (including phenoxy) is 1. The summed E-state index contributed by atoms with van der Waals surface area (Å²) < 4.78 is 5.17. The van der Waals surface area contributed by atoms with Gasteiger partial charge in [0.2, 0.25) is 11.0 Å². The molecular formula is C18H21N3O2S. The van der Waals surface area contributed by atoms with E-state index in [4.69, 9.17) is 4.74 Å². The average molecular weight is 343 g/mol. The van der Waals surface area contributed by atoms with Crippen molar-refractivity contribution < 1.29 is 9.53 Å². The summed E-state index contributed by atoms with van der Waals surface area (Å²) in [7, 11) is 1.62. The second-order valence-corrected chi connectivity index (χ2v) is 6.89. The van der Waals surface area contributed by atoms with Crippen LogP contribution in [0.15, 0.2) is 30.3 Å². The average Bonchev–Trinajstić information content (AvgIpc) is 3.09. The third kappa shape index (κ3) is 4.41. The molecule has 0 atom stereocenters. The van der Waals surface area contributed by atoms with Crippen LogP contribution in [0.1, 0.15) is 48.6 Å². The van der Waals surface area contributed by atoms with E-state index < -0.39 is 0 Å². The van der Waals surface area contributed by atoms with E-state index in [2.05, 4.69) is 15.5 Å². The van der Waals surface area contributed by atoms with Crippen molar-refractivity contribution in [3.8, 4) is 5.75 Å². The number of aromatic nitrogens is 2. The van der Waals surface area contributed by atoms with Gasteiger partial charge >= 0.3 is 0 Å². The van der Waals surface area contributed by atoms with Gasteiger partial charge in [-0.1, -0.05) is 42.7 Å². The number of carbonyl (C=O) groups is 1. The zero-order chi connectivity index (χ0) is 16.8. The molecule has 1 aromatic heterocycles. The fraction of sp³-hybridized carbons (Fsp3) is 0.389. The molecule has 0 unspecified atom stereocenters. The maximum atomic E-state index is 12.0. The van der Waals surface area contributed by atoms with Crippen LogP contribution in [0.5, 0.6) is 5.75 Å². The van der Waals surface area contributed by atoms with Crippen LogP contribution in [0.25, 0.3) is 6.08 Å². The Balaban J connectivity index is 1.58. The minimum absolute atomic E-state index is 0.204. The first-order valence-electron chi connectivity index (χ1n) is 8.21. The van der Waals surface area contributed by atoms with Crippen molar-refractivity contribution in [1.29, 1.82) is 0 Å².